The van der Waals surface area contributed by atoms with Gasteiger partial charge in [-0.15, -0.1) is 23.5 Å². The largest absolute Gasteiger partial charge is 0.506 e. The molecule has 0 saturated heterocycles. The number of amides is 4. The van der Waals surface area contributed by atoms with Crippen molar-refractivity contribution in [3.63, 3.8) is 0 Å². The monoisotopic (exact) mass is 899 g/mol. The van der Waals surface area contributed by atoms with Crippen LogP contribution in [0, 0.1) is 5.92 Å². The third-order valence-electron chi connectivity index (χ3n) is 8.74. The number of phenols is 4. The molecule has 0 spiro atoms. The molecule has 0 saturated carbocycles. The Balaban J connectivity index is 2.19. The second-order valence-electron chi connectivity index (χ2n) is 13.4. The van der Waals surface area contributed by atoms with Crippen molar-refractivity contribution < 1.29 is 68.1 Å². The van der Waals surface area contributed by atoms with E-state index in [0.29, 0.717) is 19.3 Å². The number of carbonyl (C=O) groups is 5. The molecule has 23 heteroatoms. The van der Waals surface area contributed by atoms with Crippen LogP contribution in [0.1, 0.15) is 46.0 Å². The zero-order valence-electron chi connectivity index (χ0n) is 35.1. The minimum atomic E-state index is -1.19. The second kappa shape index (κ2) is 25.7. The molecule has 0 bridgehead atoms. The van der Waals surface area contributed by atoms with Gasteiger partial charge in [0.2, 0.25) is 35.1 Å². The molecule has 0 aliphatic heterocycles. The Morgan fingerprint density at radius 1 is 0.689 bits per heavy atom. The Bertz CT molecular complexity index is 1860. The number of esters is 1. The van der Waals surface area contributed by atoms with Crippen LogP contribution in [0.15, 0.2) is 26.9 Å². The smallest absolute Gasteiger partial charge is 0.328 e. The molecule has 0 aromatic heterocycles. The molecule has 0 fully saturated rings. The molecule has 2 rings (SSSR count). The fourth-order valence-corrected chi connectivity index (χ4v) is 7.41. The Morgan fingerprint density at radius 3 is 1.69 bits per heavy atom. The molecular weight excluding hydrogens is 843 g/mol. The van der Waals surface area contributed by atoms with Crippen LogP contribution in [0.25, 0.3) is 0 Å². The lowest BCUT2D eigenvalue weighted by Crippen LogP contribution is -2.57. The number of aromatic hydroxyl groups is 4. The average Bonchev–Trinajstić information content (AvgIpc) is 3.22. The molecule has 0 unspecified atom stereocenters. The molecule has 340 valence electrons. The summed E-state index contributed by atoms with van der Waals surface area (Å²) >= 11 is 1.75. The average molecular weight is 900 g/mol. The number of nitrogens with zero attached hydrogens (tertiary/aromatic N) is 1. The number of hydrogen-bond donors (Lipinski definition) is 10. The lowest BCUT2D eigenvalue weighted by Gasteiger charge is -2.27. The van der Waals surface area contributed by atoms with Gasteiger partial charge in [-0.1, -0.05) is 13.8 Å². The number of unbranched alkanes of at least 4 members (excludes halogenated alkanes) is 1. The molecule has 0 heterocycles. The number of hydrogen-bond acceptors (Lipinski definition) is 17. The van der Waals surface area contributed by atoms with E-state index < -0.39 is 59.4 Å². The first-order valence-electron chi connectivity index (χ1n) is 18.8. The molecule has 0 aliphatic rings. The first-order valence-corrected chi connectivity index (χ1v) is 20.8. The van der Waals surface area contributed by atoms with Gasteiger partial charge in [0.15, 0.2) is 29.0 Å². The first kappa shape index (κ1) is 51.3. The van der Waals surface area contributed by atoms with Crippen molar-refractivity contribution in [2.24, 2.45) is 22.4 Å². The summed E-state index contributed by atoms with van der Waals surface area (Å²) < 4.78 is 25.4. The normalized spacial score (nSPS) is 12.3. The fraction of sp³-hybridized carbons (Fsp3) is 0.526. The number of aliphatic imine (C=N–C) groups is 1. The van der Waals surface area contributed by atoms with E-state index in [2.05, 4.69) is 26.3 Å². The second-order valence-corrected chi connectivity index (χ2v) is 15.4. The van der Waals surface area contributed by atoms with Crippen molar-refractivity contribution in [3.8, 4) is 46.0 Å². The van der Waals surface area contributed by atoms with Gasteiger partial charge in [-0.05, 0) is 38.0 Å². The van der Waals surface area contributed by atoms with E-state index in [1.807, 2.05) is 0 Å². The third kappa shape index (κ3) is 15.6. The number of guanidine groups is 1. The highest BCUT2D eigenvalue weighted by Crippen LogP contribution is 2.49. The van der Waals surface area contributed by atoms with E-state index in [4.69, 9.17) is 35.2 Å². The molecule has 2 aromatic rings. The predicted molar refractivity (Wildman–Crippen MR) is 227 cm³/mol. The van der Waals surface area contributed by atoms with Crippen molar-refractivity contribution in [2.45, 2.75) is 73.9 Å². The minimum absolute atomic E-state index is 0.00960. The Morgan fingerprint density at radius 2 is 1.21 bits per heavy atom. The van der Waals surface area contributed by atoms with Gasteiger partial charge >= 0.3 is 5.97 Å². The number of carbonyl (C=O) groups excluding carboxylic acids is 5. The summed E-state index contributed by atoms with van der Waals surface area (Å²) in [5.41, 5.74) is 10.7. The number of rotatable bonds is 26. The van der Waals surface area contributed by atoms with Gasteiger partial charge in [0.1, 0.15) is 29.6 Å². The quantitative estimate of drug-likeness (QED) is 0.0158. The highest BCUT2D eigenvalue weighted by Gasteiger charge is 2.32. The number of nitrogens with two attached hydrogens (primary N) is 2. The number of phenolic OH excluding ortho intramolecular Hbond substituents is 4. The Hall–Kier alpha value is -5.84. The van der Waals surface area contributed by atoms with Gasteiger partial charge < -0.3 is 76.8 Å². The van der Waals surface area contributed by atoms with E-state index in [9.17, 15) is 44.4 Å². The summed E-state index contributed by atoms with van der Waals surface area (Å²) in [7, 11) is 6.32. The number of benzene rings is 2. The standard InChI is InChI=1S/C38H57N7O14S2/c1-19(2)28(36(53)44-21(37(54)59-7)12-10-14-42-38(39)40)45-35(52)20(43-27(49)18-61-34-23(47)16-25(56-4)30(51)32(34)58-6)11-8-9-13-41-26(48)17-60-33-22(46)15-24(55-3)29(50)31(33)57-5/h15-16,19-21,28,46-47,50-51H,8-14,17-18H2,1-7H3,(H,41,48)(H,43,49)(H,44,53)(H,45,52)(H4,39,40,42)/t20-,21+,28+/m1/s1. The summed E-state index contributed by atoms with van der Waals surface area (Å²) in [5, 5.41) is 52.5. The van der Waals surface area contributed by atoms with E-state index in [1.54, 1.807) is 13.8 Å². The highest BCUT2D eigenvalue weighted by molar-refractivity contribution is 8.00. The maximum Gasteiger partial charge on any atom is 0.328 e. The van der Waals surface area contributed by atoms with Gasteiger partial charge in [-0.2, -0.15) is 0 Å². The topological polar surface area (TPSA) is 325 Å². The van der Waals surface area contributed by atoms with Crippen molar-refractivity contribution in [3.05, 3.63) is 12.1 Å². The summed E-state index contributed by atoms with van der Waals surface area (Å²) in [6.45, 7) is 3.73. The minimum Gasteiger partial charge on any atom is -0.506 e. The van der Waals surface area contributed by atoms with Crippen LogP contribution in [0.5, 0.6) is 46.0 Å². The summed E-state index contributed by atoms with van der Waals surface area (Å²) in [5.74, 6) is -5.83. The van der Waals surface area contributed by atoms with Crippen molar-refractivity contribution in [1.82, 2.24) is 21.3 Å². The summed E-state index contributed by atoms with van der Waals surface area (Å²) in [6.07, 6.45) is 1.18. The molecule has 21 nitrogen and oxygen atoms in total. The van der Waals surface area contributed by atoms with E-state index in [1.165, 1.54) is 41.6 Å². The highest BCUT2D eigenvalue weighted by atomic mass is 32.2. The SMILES string of the molecule is COC(=O)[C@H](CCCN=C(N)N)NC(=O)[C@@H](NC(=O)[C@@H](CCCCNC(=O)CSc1c(O)cc(OC)c(O)c1OC)NC(=O)CSc1c(O)cc(OC)c(O)c1OC)C(C)C. The van der Waals surface area contributed by atoms with Crippen LogP contribution in [0.2, 0.25) is 0 Å². The van der Waals surface area contributed by atoms with Crippen LogP contribution in [-0.4, -0.2) is 134 Å². The van der Waals surface area contributed by atoms with E-state index >= 15 is 0 Å². The summed E-state index contributed by atoms with van der Waals surface area (Å²) in [4.78, 5) is 70.0. The third-order valence-corrected chi connectivity index (χ3v) is 10.9. The number of thioether (sulfide) groups is 2. The number of nitrogens with one attached hydrogen (secondary N) is 4. The molecule has 3 atom stereocenters. The van der Waals surface area contributed by atoms with Crippen LogP contribution in [0.4, 0.5) is 0 Å². The van der Waals surface area contributed by atoms with E-state index in [0.717, 1.165) is 29.6 Å². The molecular formula is C38H57N7O14S2. The summed E-state index contributed by atoms with van der Waals surface area (Å²) in [6, 6.07) is -1.07. The number of methoxy groups -OCH3 is 5. The lowest BCUT2D eigenvalue weighted by molar-refractivity contribution is -0.145. The van der Waals surface area contributed by atoms with Crippen LogP contribution in [0.3, 0.4) is 0 Å². The van der Waals surface area contributed by atoms with Crippen LogP contribution in [-0.2, 0) is 28.7 Å². The van der Waals surface area contributed by atoms with Gasteiger partial charge in [-0.25, -0.2) is 4.79 Å². The van der Waals surface area contributed by atoms with Crippen molar-refractivity contribution >= 4 is 59.1 Å². The zero-order chi connectivity index (χ0) is 45.8. The van der Waals surface area contributed by atoms with Gasteiger partial charge in [0.05, 0.1) is 56.8 Å². The molecule has 61 heavy (non-hydrogen) atoms. The predicted octanol–water partition coefficient (Wildman–Crippen LogP) is 1.05. The Labute approximate surface area is 362 Å². The first-order chi connectivity index (χ1) is 28.9. The van der Waals surface area contributed by atoms with Crippen molar-refractivity contribution in [1.29, 1.82) is 0 Å². The maximum atomic E-state index is 13.9. The molecule has 0 aliphatic carbocycles. The van der Waals surface area contributed by atoms with Crippen molar-refractivity contribution in [2.75, 3.05) is 60.1 Å². The van der Waals surface area contributed by atoms with Gasteiger partial charge in [0, 0.05) is 25.2 Å². The van der Waals surface area contributed by atoms with Crippen LogP contribution < -0.4 is 51.7 Å². The fourth-order valence-electron chi connectivity index (χ4n) is 5.63. The maximum absolute atomic E-state index is 13.9. The molecule has 2 aromatic carbocycles. The molecule has 0 radical (unpaired) electrons. The van der Waals surface area contributed by atoms with Crippen LogP contribution >= 0.6 is 23.5 Å². The lowest BCUT2D eigenvalue weighted by atomic mass is 10.0. The number of ether oxygens (including phenoxy) is 5. The Kier molecular flexibility index (Phi) is 21.6. The van der Waals surface area contributed by atoms with E-state index in [-0.39, 0.29) is 93.4 Å². The van der Waals surface area contributed by atoms with Gasteiger partial charge in [0.25, 0.3) is 0 Å². The zero-order valence-corrected chi connectivity index (χ0v) is 36.8. The molecule has 4 amide bonds. The molecule has 12 N–H and O–H groups in total. The van der Waals surface area contributed by atoms with Gasteiger partial charge in [-0.3, -0.25) is 24.2 Å².